The lowest BCUT2D eigenvalue weighted by molar-refractivity contribution is -0.149. The van der Waals surface area contributed by atoms with Crippen LogP contribution in [0.4, 0.5) is 10.2 Å². The number of hydrogen-bond donors (Lipinski definition) is 3. The van der Waals surface area contributed by atoms with Gasteiger partial charge in [-0.1, -0.05) is 24.1 Å². The first-order valence-corrected chi connectivity index (χ1v) is 15.4. The number of alkyl halides is 1. The summed E-state index contributed by atoms with van der Waals surface area (Å²) < 4.78 is 53.8. The minimum Gasteiger partial charge on any atom is -0.462 e. The van der Waals surface area contributed by atoms with Crippen LogP contribution < -0.4 is 14.9 Å². The van der Waals surface area contributed by atoms with Crippen LogP contribution in [0.15, 0.2) is 36.7 Å². The van der Waals surface area contributed by atoms with Crippen LogP contribution in [0.1, 0.15) is 45.7 Å². The molecule has 0 radical (unpaired) electrons. The number of benzene rings is 1. The Kier molecular flexibility index (Phi) is 8.74. The number of halogens is 1. The van der Waals surface area contributed by atoms with Crippen molar-refractivity contribution in [2.24, 2.45) is 0 Å². The van der Waals surface area contributed by atoms with Crippen molar-refractivity contribution in [3.05, 3.63) is 42.5 Å². The zero-order valence-electron chi connectivity index (χ0n) is 24.1. The molecule has 0 unspecified atom stereocenters. The fraction of sp³-hybridized carbons (Fsp3) is 0.500. The van der Waals surface area contributed by atoms with E-state index in [1.54, 1.807) is 39.0 Å². The lowest BCUT2D eigenvalue weighted by atomic mass is 9.97. The maximum atomic E-state index is 16.3. The van der Waals surface area contributed by atoms with Crippen molar-refractivity contribution in [2.45, 2.75) is 82.8 Å². The number of fused-ring (bicyclic) bond motifs is 1. The second-order valence-corrected chi connectivity index (χ2v) is 12.5. The molecule has 1 aliphatic carbocycles. The summed E-state index contributed by atoms with van der Waals surface area (Å²) in [5, 5.41) is 16.8. The molecule has 2 fully saturated rings. The Bertz CT molecular complexity index is 1560. The maximum Gasteiger partial charge on any atom is 0.459 e. The van der Waals surface area contributed by atoms with Crippen LogP contribution in [0.25, 0.3) is 11.2 Å². The summed E-state index contributed by atoms with van der Waals surface area (Å²) in [4.78, 5) is 25.6. The molecule has 2 aliphatic rings. The van der Waals surface area contributed by atoms with Gasteiger partial charge in [-0.2, -0.15) is 5.09 Å². The number of aromatic nitrogens is 4. The van der Waals surface area contributed by atoms with Gasteiger partial charge < -0.3 is 24.4 Å². The molecule has 3 N–H and O–H groups in total. The first kappa shape index (κ1) is 30.8. The predicted octanol–water partition coefficient (Wildman–Crippen LogP) is 3.44. The molecule has 0 bridgehead atoms. The number of carbonyl (C=O) groups is 1. The highest BCUT2D eigenvalue weighted by Gasteiger charge is 2.58. The fourth-order valence-electron chi connectivity index (χ4n) is 4.54. The Labute approximate surface area is 248 Å². The SMILES string of the molecule is C#C[C@@]1(F)[C@H](O)[C@@H](CO[P@@](=O)(N[C@H](C)C(=O)OC(C)C)Oc2ccccc2)O[C@H]1n1cnc2c(NC3CC3)nc(C)nc21. The fourth-order valence-corrected chi connectivity index (χ4v) is 6.04. The van der Waals surface area contributed by atoms with Crippen LogP contribution in [0.2, 0.25) is 0 Å². The summed E-state index contributed by atoms with van der Waals surface area (Å²) in [6.07, 6.45) is 3.63. The van der Waals surface area contributed by atoms with Crippen LogP contribution in [0.3, 0.4) is 0 Å². The Morgan fingerprint density at radius 1 is 1.30 bits per heavy atom. The second-order valence-electron chi connectivity index (χ2n) is 10.8. The summed E-state index contributed by atoms with van der Waals surface area (Å²) in [5.74, 6) is 2.41. The number of para-hydroxylation sites is 1. The highest BCUT2D eigenvalue weighted by molar-refractivity contribution is 7.52. The molecule has 1 saturated heterocycles. The topological polar surface area (TPSA) is 159 Å². The summed E-state index contributed by atoms with van der Waals surface area (Å²) in [7, 11) is -4.33. The Morgan fingerprint density at radius 2 is 2.02 bits per heavy atom. The van der Waals surface area contributed by atoms with Gasteiger partial charge >= 0.3 is 13.7 Å². The molecule has 1 aliphatic heterocycles. The van der Waals surface area contributed by atoms with Crippen LogP contribution in [0, 0.1) is 19.3 Å². The first-order valence-electron chi connectivity index (χ1n) is 13.9. The number of aryl methyl sites for hydroxylation is 1. The van der Waals surface area contributed by atoms with Gasteiger partial charge in [0, 0.05) is 6.04 Å². The first-order chi connectivity index (χ1) is 20.4. The molecule has 15 heteroatoms. The predicted molar refractivity (Wildman–Crippen MR) is 154 cm³/mol. The van der Waals surface area contributed by atoms with Crippen molar-refractivity contribution >= 4 is 30.7 Å². The summed E-state index contributed by atoms with van der Waals surface area (Å²) in [6.45, 7) is 5.84. The normalized spacial score (nSPS) is 25.7. The van der Waals surface area contributed by atoms with Crippen LogP contribution in [-0.2, 0) is 23.4 Å². The minimum atomic E-state index is -4.33. The monoisotopic (exact) mass is 616 g/mol. The number of nitrogens with one attached hydrogen (secondary N) is 2. The molecule has 1 saturated carbocycles. The average molecular weight is 617 g/mol. The van der Waals surface area contributed by atoms with E-state index in [1.165, 1.54) is 30.0 Å². The van der Waals surface area contributed by atoms with E-state index in [-0.39, 0.29) is 17.4 Å². The van der Waals surface area contributed by atoms with E-state index >= 15 is 4.39 Å². The average Bonchev–Trinajstić information content (AvgIpc) is 3.62. The van der Waals surface area contributed by atoms with E-state index in [9.17, 15) is 14.5 Å². The largest absolute Gasteiger partial charge is 0.462 e. The number of hydrogen-bond acceptors (Lipinski definition) is 11. The van der Waals surface area contributed by atoms with Gasteiger partial charge in [0.25, 0.3) is 0 Å². The maximum absolute atomic E-state index is 16.3. The number of ether oxygens (including phenoxy) is 2. The summed E-state index contributed by atoms with van der Waals surface area (Å²) in [5.41, 5.74) is -2.10. The standard InChI is InChI=1S/C28H34FN6O7P/c1-6-28(29)23(36)21(41-27(28)35-15-30-22-24(33-19-12-13-19)31-18(5)32-25(22)35)14-39-43(38,42-20-10-8-7-9-11-20)34-17(4)26(37)40-16(2)3/h1,7-11,15-17,19,21,23,27,36H,12-14H2,2-5H3,(H,34,38)(H,31,32,33)/t17-,21-,23-,27-,28-,43+/m1/s1. The third-order valence-corrected chi connectivity index (χ3v) is 8.45. The zero-order chi connectivity index (χ0) is 30.9. The Balaban J connectivity index is 1.39. The van der Waals surface area contributed by atoms with Crippen molar-refractivity contribution in [2.75, 3.05) is 11.9 Å². The number of imidazole rings is 1. The molecule has 6 atom stereocenters. The number of aliphatic hydroxyl groups excluding tert-OH is 1. The summed E-state index contributed by atoms with van der Waals surface area (Å²) in [6, 6.07) is 7.28. The number of carbonyl (C=O) groups excluding carboxylic acids is 1. The number of anilines is 1. The van der Waals surface area contributed by atoms with Crippen molar-refractivity contribution < 1.29 is 37.4 Å². The molecule has 3 heterocycles. The molecule has 43 heavy (non-hydrogen) atoms. The number of esters is 1. The van der Waals surface area contributed by atoms with E-state index in [2.05, 4.69) is 25.4 Å². The van der Waals surface area contributed by atoms with E-state index in [0.717, 1.165) is 12.8 Å². The van der Waals surface area contributed by atoms with Crippen molar-refractivity contribution in [1.29, 1.82) is 0 Å². The van der Waals surface area contributed by atoms with Crippen molar-refractivity contribution in [3.63, 3.8) is 0 Å². The summed E-state index contributed by atoms with van der Waals surface area (Å²) >= 11 is 0. The molecule has 0 amide bonds. The number of aliphatic hydroxyl groups is 1. The zero-order valence-corrected chi connectivity index (χ0v) is 25.0. The smallest absolute Gasteiger partial charge is 0.459 e. The lowest BCUT2D eigenvalue weighted by Gasteiger charge is -2.25. The van der Waals surface area contributed by atoms with Crippen LogP contribution in [0.5, 0.6) is 5.75 Å². The lowest BCUT2D eigenvalue weighted by Crippen LogP contribution is -2.42. The van der Waals surface area contributed by atoms with Gasteiger partial charge in [-0.25, -0.2) is 23.9 Å². The molecule has 230 valence electrons. The van der Waals surface area contributed by atoms with E-state index in [0.29, 0.717) is 17.2 Å². The molecule has 3 aromatic rings. The molecular formula is C28H34FN6O7P. The third kappa shape index (κ3) is 6.66. The second kappa shape index (κ2) is 12.2. The van der Waals surface area contributed by atoms with E-state index in [1.807, 2.05) is 5.92 Å². The molecule has 5 rings (SSSR count). The van der Waals surface area contributed by atoms with Crippen LogP contribution >= 0.6 is 7.75 Å². The van der Waals surface area contributed by atoms with Gasteiger partial charge in [-0.3, -0.25) is 13.9 Å². The molecule has 0 spiro atoms. The van der Waals surface area contributed by atoms with Crippen molar-refractivity contribution in [3.8, 4) is 18.1 Å². The van der Waals surface area contributed by atoms with Gasteiger partial charge in [0.05, 0.1) is 19.0 Å². The molecule has 1 aromatic carbocycles. The molecule has 2 aromatic heterocycles. The van der Waals surface area contributed by atoms with Crippen molar-refractivity contribution in [1.82, 2.24) is 24.6 Å². The Hall–Kier alpha value is -3.60. The van der Waals surface area contributed by atoms with Crippen LogP contribution in [-0.4, -0.2) is 73.3 Å². The Morgan fingerprint density at radius 3 is 2.67 bits per heavy atom. The quantitative estimate of drug-likeness (QED) is 0.155. The third-order valence-electron chi connectivity index (χ3n) is 6.81. The highest BCUT2D eigenvalue weighted by atomic mass is 31.2. The van der Waals surface area contributed by atoms with Gasteiger partial charge in [0.2, 0.25) is 5.67 Å². The number of terminal acetylenes is 1. The van der Waals surface area contributed by atoms with Gasteiger partial charge in [0.1, 0.15) is 29.8 Å². The van der Waals surface area contributed by atoms with E-state index in [4.69, 9.17) is 24.9 Å². The van der Waals surface area contributed by atoms with Gasteiger partial charge in [0.15, 0.2) is 23.2 Å². The number of nitrogens with zero attached hydrogens (tertiary/aromatic N) is 4. The highest BCUT2D eigenvalue weighted by Crippen LogP contribution is 2.48. The number of rotatable bonds is 12. The molecule has 13 nitrogen and oxygen atoms in total. The van der Waals surface area contributed by atoms with E-state index < -0.39 is 56.6 Å². The van der Waals surface area contributed by atoms with Gasteiger partial charge in [-0.05, 0) is 52.7 Å². The molecular weight excluding hydrogens is 582 g/mol. The minimum absolute atomic E-state index is 0.174. The van der Waals surface area contributed by atoms with Gasteiger partial charge in [-0.15, -0.1) is 6.42 Å².